The summed E-state index contributed by atoms with van der Waals surface area (Å²) >= 11 is 0. The molecule has 2 rings (SSSR count). The van der Waals surface area contributed by atoms with Gasteiger partial charge in [-0.15, -0.1) is 24.8 Å². The summed E-state index contributed by atoms with van der Waals surface area (Å²) in [6, 6.07) is 6.37. The first-order valence-corrected chi connectivity index (χ1v) is 7.76. The van der Waals surface area contributed by atoms with Crippen LogP contribution in [0.2, 0.25) is 0 Å². The molecule has 0 bridgehead atoms. The zero-order valence-corrected chi connectivity index (χ0v) is 15.8. The smallest absolute Gasteiger partial charge is 0.227 e. The maximum Gasteiger partial charge on any atom is 0.227 e. The van der Waals surface area contributed by atoms with Crippen molar-refractivity contribution in [3.05, 3.63) is 29.3 Å². The van der Waals surface area contributed by atoms with E-state index in [1.165, 1.54) is 5.56 Å². The van der Waals surface area contributed by atoms with E-state index in [2.05, 4.69) is 23.2 Å². The van der Waals surface area contributed by atoms with Gasteiger partial charge in [0.2, 0.25) is 5.91 Å². The first-order chi connectivity index (χ1) is 9.95. The van der Waals surface area contributed by atoms with Crippen LogP contribution in [0, 0.1) is 12.8 Å². The quantitative estimate of drug-likeness (QED) is 0.864. The number of nitrogens with two attached hydrogens (primary N) is 1. The zero-order valence-electron chi connectivity index (χ0n) is 14.2. The molecule has 2 unspecified atom stereocenters. The van der Waals surface area contributed by atoms with E-state index in [0.29, 0.717) is 0 Å². The summed E-state index contributed by atoms with van der Waals surface area (Å²) in [7, 11) is 4.07. The van der Waals surface area contributed by atoms with Gasteiger partial charge in [-0.05, 0) is 51.9 Å². The third kappa shape index (κ3) is 6.68. The molecule has 1 amide bonds. The number of nitrogens with zero attached hydrogens (tertiary/aromatic N) is 1. The molecule has 1 aromatic carbocycles. The standard InChI is InChI=1S/C17H27N3O.2ClH/c1-12-7-8-16(14(9-12)11-20(2)3)19-17(21)13-5-4-6-15(18)10-13;;/h7-9,13,15H,4-6,10-11,18H2,1-3H3,(H,19,21);2*1H. The average molecular weight is 362 g/mol. The largest absolute Gasteiger partial charge is 0.328 e. The van der Waals surface area contributed by atoms with Gasteiger partial charge in [0.15, 0.2) is 0 Å². The summed E-state index contributed by atoms with van der Waals surface area (Å²) in [6.07, 6.45) is 3.85. The van der Waals surface area contributed by atoms with Crippen LogP contribution in [0.1, 0.15) is 36.8 Å². The second-order valence-electron chi connectivity index (χ2n) is 6.51. The van der Waals surface area contributed by atoms with Crippen molar-refractivity contribution in [1.82, 2.24) is 4.90 Å². The summed E-state index contributed by atoms with van der Waals surface area (Å²) in [5, 5.41) is 3.11. The van der Waals surface area contributed by atoms with Crippen LogP contribution in [-0.4, -0.2) is 30.9 Å². The van der Waals surface area contributed by atoms with Gasteiger partial charge in [0.1, 0.15) is 0 Å². The van der Waals surface area contributed by atoms with E-state index < -0.39 is 0 Å². The van der Waals surface area contributed by atoms with E-state index in [9.17, 15) is 4.79 Å². The molecule has 4 nitrogen and oxygen atoms in total. The van der Waals surface area contributed by atoms with Crippen LogP contribution >= 0.6 is 24.8 Å². The van der Waals surface area contributed by atoms with Crippen molar-refractivity contribution < 1.29 is 4.79 Å². The van der Waals surface area contributed by atoms with E-state index in [4.69, 9.17) is 5.73 Å². The van der Waals surface area contributed by atoms with Crippen LogP contribution in [0.4, 0.5) is 5.69 Å². The van der Waals surface area contributed by atoms with Gasteiger partial charge in [-0.25, -0.2) is 0 Å². The number of rotatable bonds is 4. The molecule has 0 spiro atoms. The Morgan fingerprint density at radius 2 is 2.00 bits per heavy atom. The van der Waals surface area contributed by atoms with E-state index in [1.807, 2.05) is 26.2 Å². The molecular weight excluding hydrogens is 333 g/mol. The highest BCUT2D eigenvalue weighted by Crippen LogP contribution is 2.26. The van der Waals surface area contributed by atoms with Crippen LogP contribution < -0.4 is 11.1 Å². The van der Waals surface area contributed by atoms with Crippen molar-refractivity contribution in [2.45, 2.75) is 45.2 Å². The second kappa shape index (κ2) is 10.1. The Bertz CT molecular complexity index is 509. The van der Waals surface area contributed by atoms with Gasteiger partial charge >= 0.3 is 0 Å². The topological polar surface area (TPSA) is 58.4 Å². The molecule has 2 atom stereocenters. The number of benzene rings is 1. The summed E-state index contributed by atoms with van der Waals surface area (Å²) in [5.74, 6) is 0.177. The minimum absolute atomic E-state index is 0. The molecule has 0 heterocycles. The average Bonchev–Trinajstić information content (AvgIpc) is 2.41. The Morgan fingerprint density at radius 3 is 2.61 bits per heavy atom. The molecule has 6 heteroatoms. The molecule has 1 aromatic rings. The molecular formula is C17H29Cl2N3O. The van der Waals surface area contributed by atoms with Crippen molar-refractivity contribution in [3.8, 4) is 0 Å². The number of anilines is 1. The summed E-state index contributed by atoms with van der Waals surface area (Å²) in [4.78, 5) is 14.6. The number of carbonyl (C=O) groups excluding carboxylic acids is 1. The summed E-state index contributed by atoms with van der Waals surface area (Å²) < 4.78 is 0. The minimum Gasteiger partial charge on any atom is -0.328 e. The first kappa shape index (κ1) is 22.2. The highest BCUT2D eigenvalue weighted by atomic mass is 35.5. The Kier molecular flexibility index (Phi) is 9.78. The third-order valence-electron chi connectivity index (χ3n) is 4.09. The van der Waals surface area contributed by atoms with Crippen molar-refractivity contribution in [2.24, 2.45) is 11.7 Å². The zero-order chi connectivity index (χ0) is 15.4. The number of halogens is 2. The van der Waals surface area contributed by atoms with Gasteiger partial charge in [0.25, 0.3) is 0 Å². The highest BCUT2D eigenvalue weighted by molar-refractivity contribution is 5.93. The van der Waals surface area contributed by atoms with Crippen molar-refractivity contribution in [2.75, 3.05) is 19.4 Å². The molecule has 132 valence electrons. The lowest BCUT2D eigenvalue weighted by atomic mass is 9.85. The Hall–Kier alpha value is -0.810. The second-order valence-corrected chi connectivity index (χ2v) is 6.51. The van der Waals surface area contributed by atoms with Gasteiger partial charge in [0, 0.05) is 24.2 Å². The Labute approximate surface area is 152 Å². The molecule has 1 aliphatic carbocycles. The molecule has 0 radical (unpaired) electrons. The lowest BCUT2D eigenvalue weighted by molar-refractivity contribution is -0.120. The van der Waals surface area contributed by atoms with Crippen LogP contribution in [0.5, 0.6) is 0 Å². The molecule has 0 aromatic heterocycles. The van der Waals surface area contributed by atoms with Crippen molar-refractivity contribution in [1.29, 1.82) is 0 Å². The van der Waals surface area contributed by atoms with E-state index in [0.717, 1.165) is 43.5 Å². The Morgan fingerprint density at radius 1 is 1.30 bits per heavy atom. The van der Waals surface area contributed by atoms with Gasteiger partial charge in [0.05, 0.1) is 0 Å². The fourth-order valence-electron chi connectivity index (χ4n) is 3.02. The molecule has 0 aliphatic heterocycles. The molecule has 0 saturated heterocycles. The third-order valence-corrected chi connectivity index (χ3v) is 4.09. The lowest BCUT2D eigenvalue weighted by Gasteiger charge is -2.26. The number of aryl methyl sites for hydroxylation is 1. The molecule has 1 saturated carbocycles. The van der Waals surface area contributed by atoms with Gasteiger partial charge in [-0.3, -0.25) is 4.79 Å². The molecule has 1 aliphatic rings. The van der Waals surface area contributed by atoms with Gasteiger partial charge in [-0.2, -0.15) is 0 Å². The SMILES string of the molecule is Cc1ccc(NC(=O)C2CCCC(N)C2)c(CN(C)C)c1.Cl.Cl. The van der Waals surface area contributed by atoms with Crippen molar-refractivity contribution in [3.63, 3.8) is 0 Å². The van der Waals surface area contributed by atoms with Crippen molar-refractivity contribution >= 4 is 36.4 Å². The first-order valence-electron chi connectivity index (χ1n) is 7.76. The molecule has 23 heavy (non-hydrogen) atoms. The number of carbonyl (C=O) groups is 1. The van der Waals surface area contributed by atoms with Gasteiger partial charge in [-0.1, -0.05) is 24.1 Å². The van der Waals surface area contributed by atoms with Crippen LogP contribution in [0.3, 0.4) is 0 Å². The Balaban J connectivity index is 0.00000242. The maximum atomic E-state index is 12.5. The maximum absolute atomic E-state index is 12.5. The van der Waals surface area contributed by atoms with Crippen LogP contribution in [0.15, 0.2) is 18.2 Å². The van der Waals surface area contributed by atoms with Gasteiger partial charge < -0.3 is 16.0 Å². The molecule has 3 N–H and O–H groups in total. The fourth-order valence-corrected chi connectivity index (χ4v) is 3.02. The predicted molar refractivity (Wildman–Crippen MR) is 102 cm³/mol. The van der Waals surface area contributed by atoms with E-state index in [-0.39, 0.29) is 42.7 Å². The molecule has 1 fully saturated rings. The van der Waals surface area contributed by atoms with Crippen LogP contribution in [-0.2, 0) is 11.3 Å². The number of hydrogen-bond donors (Lipinski definition) is 2. The fraction of sp³-hybridized carbons (Fsp3) is 0.588. The number of hydrogen-bond acceptors (Lipinski definition) is 3. The summed E-state index contributed by atoms with van der Waals surface area (Å²) in [6.45, 7) is 2.90. The number of amides is 1. The normalized spacial score (nSPS) is 20.4. The van der Waals surface area contributed by atoms with Crippen LogP contribution in [0.25, 0.3) is 0 Å². The van der Waals surface area contributed by atoms with E-state index >= 15 is 0 Å². The summed E-state index contributed by atoms with van der Waals surface area (Å²) in [5.41, 5.74) is 9.29. The van der Waals surface area contributed by atoms with E-state index in [1.54, 1.807) is 0 Å². The highest BCUT2D eigenvalue weighted by Gasteiger charge is 2.25. The lowest BCUT2D eigenvalue weighted by Crippen LogP contribution is -2.34. The predicted octanol–water partition coefficient (Wildman–Crippen LogP) is 3.36. The monoisotopic (exact) mass is 361 g/mol. The minimum atomic E-state index is 0. The number of nitrogens with one attached hydrogen (secondary N) is 1.